The average molecular weight is 524 g/mol. The predicted molar refractivity (Wildman–Crippen MR) is 124 cm³/mol. The summed E-state index contributed by atoms with van der Waals surface area (Å²) in [6, 6.07) is 11.3. The van der Waals surface area contributed by atoms with Crippen LogP contribution in [0.1, 0.15) is 53.9 Å². The first-order valence-electron chi connectivity index (χ1n) is 12.4. The highest BCUT2D eigenvalue weighted by atomic mass is 19.4. The Morgan fingerprint density at radius 2 is 1.54 bits per heavy atom. The lowest BCUT2D eigenvalue weighted by Gasteiger charge is -2.39. The number of carbonyl (C=O) groups is 1. The summed E-state index contributed by atoms with van der Waals surface area (Å²) in [5.41, 5.74) is -0.739. The highest BCUT2D eigenvalue weighted by Gasteiger charge is 2.46. The lowest BCUT2D eigenvalue weighted by atomic mass is 9.69. The molecule has 1 saturated heterocycles. The van der Waals surface area contributed by atoms with E-state index in [1.54, 1.807) is 6.08 Å². The number of nitrogens with zero attached hydrogens (tertiary/aromatic N) is 1. The summed E-state index contributed by atoms with van der Waals surface area (Å²) < 4.78 is 86.0. The molecule has 0 bridgehead atoms. The number of carbonyl (C=O) groups excluding carboxylic acids is 1. The predicted octanol–water partition coefficient (Wildman–Crippen LogP) is 6.98. The third-order valence-electron chi connectivity index (χ3n) is 7.83. The van der Waals surface area contributed by atoms with Gasteiger partial charge in [-0.2, -0.15) is 26.3 Å². The van der Waals surface area contributed by atoms with E-state index in [1.807, 2.05) is 30.3 Å². The molecular weight excluding hydrogens is 496 g/mol. The fraction of sp³-hybridized carbons (Fsp3) is 0.464. The molecular formula is C28H27F6NO2. The molecule has 0 amide bonds. The number of hydrogen-bond donors (Lipinski definition) is 0. The Morgan fingerprint density at radius 3 is 2.14 bits per heavy atom. The van der Waals surface area contributed by atoms with Crippen LogP contribution in [0.2, 0.25) is 0 Å². The number of benzene rings is 2. The number of ketones is 1. The quantitative estimate of drug-likeness (QED) is 0.396. The Hall–Kier alpha value is -2.81. The van der Waals surface area contributed by atoms with Crippen molar-refractivity contribution in [3.63, 3.8) is 0 Å². The van der Waals surface area contributed by atoms with Crippen LogP contribution in [0.4, 0.5) is 26.3 Å². The molecule has 1 saturated carbocycles. The zero-order valence-corrected chi connectivity index (χ0v) is 20.0. The van der Waals surface area contributed by atoms with Crippen LogP contribution < -0.4 is 0 Å². The normalized spacial score (nSPS) is 26.4. The first-order chi connectivity index (χ1) is 17.5. The van der Waals surface area contributed by atoms with Gasteiger partial charge in [0, 0.05) is 37.2 Å². The first-order valence-corrected chi connectivity index (χ1v) is 12.4. The number of rotatable bonds is 5. The maximum Gasteiger partial charge on any atom is 0.416 e. The Bertz CT molecular complexity index is 1140. The van der Waals surface area contributed by atoms with Gasteiger partial charge in [0.15, 0.2) is 5.78 Å². The van der Waals surface area contributed by atoms with E-state index in [4.69, 9.17) is 4.74 Å². The van der Waals surface area contributed by atoms with E-state index >= 15 is 0 Å². The molecule has 0 unspecified atom stereocenters. The second kappa shape index (κ2) is 9.82. The van der Waals surface area contributed by atoms with E-state index in [1.165, 1.54) is 0 Å². The summed E-state index contributed by atoms with van der Waals surface area (Å²) in [5, 5.41) is 0. The standard InChI is InChI=1S/C28H27F6NO2/c29-27(30,31)20-10-17(11-21(12-20)28(32,33)34)16-37-25-9-6-19-14-35(22-7-8-23(36)13-22)15-24(19)26(25)18-4-2-1-3-5-18/h1-5,10-13,19,24-26H,6-9,14-16H2/t19-,24-,25+,26+/m1/s1. The van der Waals surface area contributed by atoms with E-state index in [0.29, 0.717) is 18.8 Å². The van der Waals surface area contributed by atoms with Crippen LogP contribution >= 0.6 is 0 Å². The molecule has 2 aliphatic carbocycles. The summed E-state index contributed by atoms with van der Waals surface area (Å²) in [6.45, 7) is 1.23. The zero-order valence-electron chi connectivity index (χ0n) is 20.0. The molecule has 4 atom stereocenters. The van der Waals surface area contributed by atoms with Crippen LogP contribution in [0.3, 0.4) is 0 Å². The van der Waals surface area contributed by atoms with Crippen LogP contribution in [-0.2, 0) is 28.5 Å². The topological polar surface area (TPSA) is 29.5 Å². The molecule has 2 fully saturated rings. The summed E-state index contributed by atoms with van der Waals surface area (Å²) in [6.07, 6.45) is -5.70. The molecule has 1 heterocycles. The molecule has 1 aliphatic heterocycles. The van der Waals surface area contributed by atoms with Crippen LogP contribution in [0.15, 0.2) is 60.3 Å². The lowest BCUT2D eigenvalue weighted by molar-refractivity contribution is -0.143. The first kappa shape index (κ1) is 25.8. The number of hydrogen-bond acceptors (Lipinski definition) is 3. The van der Waals surface area contributed by atoms with Gasteiger partial charge in [-0.25, -0.2) is 0 Å². The largest absolute Gasteiger partial charge is 0.416 e. The van der Waals surface area contributed by atoms with Crippen LogP contribution in [-0.4, -0.2) is 29.9 Å². The van der Waals surface area contributed by atoms with Gasteiger partial charge < -0.3 is 9.64 Å². The third kappa shape index (κ3) is 5.56. The molecule has 5 rings (SSSR count). The minimum Gasteiger partial charge on any atom is -0.374 e. The Morgan fingerprint density at radius 1 is 0.865 bits per heavy atom. The van der Waals surface area contributed by atoms with Gasteiger partial charge in [0.05, 0.1) is 23.8 Å². The van der Waals surface area contributed by atoms with Gasteiger partial charge in [0.2, 0.25) is 0 Å². The van der Waals surface area contributed by atoms with Crippen molar-refractivity contribution in [2.75, 3.05) is 13.1 Å². The van der Waals surface area contributed by atoms with Gasteiger partial charge in [0.1, 0.15) is 0 Å². The molecule has 198 valence electrons. The lowest BCUT2D eigenvalue weighted by Crippen LogP contribution is -2.37. The second-order valence-electron chi connectivity index (χ2n) is 10.2. The Kier molecular flexibility index (Phi) is 6.85. The maximum absolute atomic E-state index is 13.3. The van der Waals surface area contributed by atoms with Gasteiger partial charge in [-0.05, 0) is 60.4 Å². The number of fused-ring (bicyclic) bond motifs is 1. The van der Waals surface area contributed by atoms with Gasteiger partial charge >= 0.3 is 12.4 Å². The summed E-state index contributed by atoms with van der Waals surface area (Å²) in [5.74, 6) is 0.637. The van der Waals surface area contributed by atoms with Crippen molar-refractivity contribution < 1.29 is 35.9 Å². The van der Waals surface area contributed by atoms with Crippen molar-refractivity contribution in [1.82, 2.24) is 4.90 Å². The third-order valence-corrected chi connectivity index (χ3v) is 7.83. The number of alkyl halides is 6. The fourth-order valence-electron chi connectivity index (χ4n) is 6.14. The second-order valence-corrected chi connectivity index (χ2v) is 10.2. The van der Waals surface area contributed by atoms with Crippen LogP contribution in [0.5, 0.6) is 0 Å². The molecule has 0 spiro atoms. The van der Waals surface area contributed by atoms with Crippen molar-refractivity contribution >= 4 is 5.78 Å². The van der Waals surface area contributed by atoms with Gasteiger partial charge in [-0.15, -0.1) is 0 Å². The van der Waals surface area contributed by atoms with E-state index < -0.39 is 23.5 Å². The van der Waals surface area contributed by atoms with Crippen LogP contribution in [0.25, 0.3) is 0 Å². The molecule has 0 radical (unpaired) electrons. The Labute approximate surface area is 211 Å². The van der Waals surface area contributed by atoms with E-state index in [-0.39, 0.29) is 42.0 Å². The van der Waals surface area contributed by atoms with Crippen molar-refractivity contribution in [1.29, 1.82) is 0 Å². The van der Waals surface area contributed by atoms with Crippen molar-refractivity contribution in [3.8, 4) is 0 Å². The van der Waals surface area contributed by atoms with E-state index in [9.17, 15) is 31.1 Å². The smallest absolute Gasteiger partial charge is 0.374 e. The number of ether oxygens (including phenoxy) is 1. The van der Waals surface area contributed by atoms with Crippen molar-refractivity contribution in [2.24, 2.45) is 11.8 Å². The highest BCUT2D eigenvalue weighted by molar-refractivity contribution is 5.92. The van der Waals surface area contributed by atoms with Gasteiger partial charge in [-0.1, -0.05) is 30.3 Å². The summed E-state index contributed by atoms with van der Waals surface area (Å²) >= 11 is 0. The SMILES string of the molecule is O=C1C=C(N2C[C@H]3CC[C@H](OCc4cc(C(F)(F)F)cc(C(F)(F)F)c4)[C@@H](c4ccccc4)[C@@H]3C2)CC1. The van der Waals surface area contributed by atoms with E-state index in [2.05, 4.69) is 4.90 Å². The molecule has 9 heteroatoms. The Balaban J connectivity index is 1.39. The molecule has 3 aliphatic rings. The number of allylic oxidation sites excluding steroid dienone is 2. The summed E-state index contributed by atoms with van der Waals surface area (Å²) in [4.78, 5) is 14.1. The highest BCUT2D eigenvalue weighted by Crippen LogP contribution is 2.48. The summed E-state index contributed by atoms with van der Waals surface area (Å²) in [7, 11) is 0. The van der Waals surface area contributed by atoms with Crippen molar-refractivity contribution in [3.05, 3.63) is 82.6 Å². The maximum atomic E-state index is 13.3. The monoisotopic (exact) mass is 523 g/mol. The fourth-order valence-corrected chi connectivity index (χ4v) is 6.14. The van der Waals surface area contributed by atoms with Gasteiger partial charge in [-0.3, -0.25) is 4.79 Å². The number of halogens is 6. The van der Waals surface area contributed by atoms with E-state index in [0.717, 1.165) is 49.3 Å². The molecule has 2 aromatic rings. The molecule has 37 heavy (non-hydrogen) atoms. The average Bonchev–Trinajstić information content (AvgIpc) is 3.47. The minimum atomic E-state index is -4.90. The minimum absolute atomic E-state index is 0.0597. The zero-order chi connectivity index (χ0) is 26.4. The number of likely N-dealkylation sites (tertiary alicyclic amines) is 1. The molecule has 2 aromatic carbocycles. The van der Waals surface area contributed by atoms with Crippen LogP contribution in [0, 0.1) is 11.8 Å². The molecule has 0 N–H and O–H groups in total. The van der Waals surface area contributed by atoms with Gasteiger partial charge in [0.25, 0.3) is 0 Å². The molecule has 0 aromatic heterocycles. The van der Waals surface area contributed by atoms with Crippen molar-refractivity contribution in [2.45, 2.75) is 56.7 Å². The molecule has 3 nitrogen and oxygen atoms in total.